The van der Waals surface area contributed by atoms with Gasteiger partial charge in [0.2, 0.25) is 0 Å². The van der Waals surface area contributed by atoms with Crippen molar-refractivity contribution in [2.24, 2.45) is 0 Å². The van der Waals surface area contributed by atoms with Crippen LogP contribution in [0.4, 0.5) is 34.1 Å². The number of para-hydroxylation sites is 3. The van der Waals surface area contributed by atoms with Crippen LogP contribution in [0.2, 0.25) is 0 Å². The van der Waals surface area contributed by atoms with Crippen LogP contribution in [0.15, 0.2) is 170 Å². The third-order valence-corrected chi connectivity index (χ3v) is 12.6. The van der Waals surface area contributed by atoms with Gasteiger partial charge in [-0.15, -0.1) is 11.3 Å². The molecule has 0 aliphatic carbocycles. The molecule has 262 valence electrons. The summed E-state index contributed by atoms with van der Waals surface area (Å²) in [5.41, 5.74) is 12.1. The lowest BCUT2D eigenvalue weighted by Gasteiger charge is -2.39. The van der Waals surface area contributed by atoms with E-state index in [-0.39, 0.29) is 12.1 Å². The van der Waals surface area contributed by atoms with Crippen LogP contribution in [0.1, 0.15) is 26.3 Å². The SMILES string of the molecule is CC(C)(C)c1ccc(N(c2ccccc2)c2ccc3c(ccc4c5cc6c(cc5sc34)B3c4ccccc4N(c4ccccc4)c4cccc(c43)O6)c2)cc1. The molecule has 0 unspecified atom stereocenters. The lowest BCUT2D eigenvalue weighted by atomic mass is 9.34. The first-order valence-corrected chi connectivity index (χ1v) is 19.9. The monoisotopic (exact) mass is 724 g/mol. The van der Waals surface area contributed by atoms with E-state index in [9.17, 15) is 0 Å². The average molecular weight is 725 g/mol. The maximum absolute atomic E-state index is 6.86. The van der Waals surface area contributed by atoms with Crippen molar-refractivity contribution in [3.8, 4) is 11.5 Å². The first kappa shape index (κ1) is 32.2. The van der Waals surface area contributed by atoms with Gasteiger partial charge in [-0.3, -0.25) is 0 Å². The van der Waals surface area contributed by atoms with Gasteiger partial charge >= 0.3 is 0 Å². The molecular formula is C50H37BN2OS. The van der Waals surface area contributed by atoms with Gasteiger partial charge in [-0.25, -0.2) is 0 Å². The van der Waals surface area contributed by atoms with Crippen molar-refractivity contribution in [2.75, 3.05) is 9.80 Å². The van der Waals surface area contributed by atoms with Gasteiger partial charge in [-0.05, 0) is 117 Å². The Morgan fingerprint density at radius 2 is 1.24 bits per heavy atom. The van der Waals surface area contributed by atoms with Crippen LogP contribution in [-0.4, -0.2) is 6.71 Å². The molecule has 2 aliphatic rings. The lowest BCUT2D eigenvalue weighted by Crippen LogP contribution is -2.59. The third kappa shape index (κ3) is 5.03. The molecule has 0 fully saturated rings. The summed E-state index contributed by atoms with van der Waals surface area (Å²) in [6, 6.07) is 62.0. The van der Waals surface area contributed by atoms with E-state index >= 15 is 0 Å². The fraction of sp³-hybridized carbons (Fsp3) is 0.0800. The van der Waals surface area contributed by atoms with E-state index in [1.807, 2.05) is 11.3 Å². The molecule has 11 rings (SSSR count). The van der Waals surface area contributed by atoms with Crippen molar-refractivity contribution in [3.63, 3.8) is 0 Å². The van der Waals surface area contributed by atoms with Crippen LogP contribution in [0.3, 0.4) is 0 Å². The minimum Gasteiger partial charge on any atom is -0.458 e. The van der Waals surface area contributed by atoms with Gasteiger partial charge in [-0.2, -0.15) is 0 Å². The highest BCUT2D eigenvalue weighted by atomic mass is 32.1. The summed E-state index contributed by atoms with van der Waals surface area (Å²) < 4.78 is 9.45. The fourth-order valence-electron chi connectivity index (χ4n) is 8.80. The maximum atomic E-state index is 6.86. The molecule has 2 aliphatic heterocycles. The molecule has 0 spiro atoms. The molecule has 0 saturated heterocycles. The molecule has 9 aromatic rings. The summed E-state index contributed by atoms with van der Waals surface area (Å²) in [4.78, 5) is 4.75. The number of hydrogen-bond acceptors (Lipinski definition) is 4. The largest absolute Gasteiger partial charge is 0.458 e. The number of thiophene rings is 1. The Bertz CT molecular complexity index is 2950. The van der Waals surface area contributed by atoms with Gasteiger partial charge in [0.15, 0.2) is 0 Å². The molecule has 8 aromatic carbocycles. The average Bonchev–Trinajstić information content (AvgIpc) is 3.58. The minimum absolute atomic E-state index is 0.0708. The predicted octanol–water partition coefficient (Wildman–Crippen LogP) is 12.4. The van der Waals surface area contributed by atoms with Gasteiger partial charge in [-0.1, -0.05) is 112 Å². The van der Waals surface area contributed by atoms with E-state index in [1.165, 1.54) is 64.3 Å². The van der Waals surface area contributed by atoms with Gasteiger partial charge in [0.05, 0.1) is 0 Å². The van der Waals surface area contributed by atoms with Crippen molar-refractivity contribution >= 4 is 99.5 Å². The normalized spacial score (nSPS) is 13.1. The highest BCUT2D eigenvalue weighted by Gasteiger charge is 2.41. The van der Waals surface area contributed by atoms with E-state index in [2.05, 4.69) is 200 Å². The molecule has 3 nitrogen and oxygen atoms in total. The van der Waals surface area contributed by atoms with E-state index in [0.717, 1.165) is 34.2 Å². The summed E-state index contributed by atoms with van der Waals surface area (Å²) >= 11 is 1.89. The zero-order valence-corrected chi connectivity index (χ0v) is 31.8. The van der Waals surface area contributed by atoms with Crippen LogP contribution in [0.25, 0.3) is 30.9 Å². The second-order valence-electron chi connectivity index (χ2n) is 15.8. The molecule has 3 heterocycles. The summed E-state index contributed by atoms with van der Waals surface area (Å²) in [5, 5.41) is 5.00. The summed E-state index contributed by atoms with van der Waals surface area (Å²) in [6.45, 7) is 6.86. The number of ether oxygens (including phenoxy) is 1. The van der Waals surface area contributed by atoms with Crippen LogP contribution in [-0.2, 0) is 5.41 Å². The summed E-state index contributed by atoms with van der Waals surface area (Å²) in [6.07, 6.45) is 0. The lowest BCUT2D eigenvalue weighted by molar-refractivity contribution is 0.488. The van der Waals surface area contributed by atoms with Crippen LogP contribution in [0.5, 0.6) is 11.5 Å². The number of nitrogens with zero attached hydrogens (tertiary/aromatic N) is 2. The number of fused-ring (bicyclic) bond motifs is 9. The smallest absolute Gasteiger partial charge is 0.256 e. The first-order valence-electron chi connectivity index (χ1n) is 19.0. The van der Waals surface area contributed by atoms with Crippen LogP contribution in [0, 0.1) is 0 Å². The van der Waals surface area contributed by atoms with Crippen molar-refractivity contribution < 1.29 is 4.74 Å². The number of anilines is 6. The molecule has 0 radical (unpaired) electrons. The molecule has 0 bridgehead atoms. The minimum atomic E-state index is 0.0708. The number of benzene rings is 8. The third-order valence-electron chi connectivity index (χ3n) is 11.4. The first-order chi connectivity index (χ1) is 26.9. The van der Waals surface area contributed by atoms with Crippen molar-refractivity contribution in [3.05, 3.63) is 175 Å². The molecule has 55 heavy (non-hydrogen) atoms. The molecule has 5 heteroatoms. The highest BCUT2D eigenvalue weighted by Crippen LogP contribution is 2.45. The zero-order valence-electron chi connectivity index (χ0n) is 31.0. The van der Waals surface area contributed by atoms with Gasteiger partial charge in [0, 0.05) is 54.3 Å². The van der Waals surface area contributed by atoms with Crippen molar-refractivity contribution in [1.29, 1.82) is 0 Å². The standard InChI is InChI=1S/C50H37BN2OS/c1-50(2,3)33-22-24-36(25-23-33)52(34-13-6-4-7-14-34)37-26-28-38-32(29-37)21-27-39-40-30-46-42(31-47(40)55-49(38)39)51-41-17-10-11-18-43(41)53(35-15-8-5-9-16-35)44-19-12-20-45(54-46)48(44)51/h4-31H,1-3H3. The second-order valence-corrected chi connectivity index (χ2v) is 16.8. The Labute approximate surface area is 325 Å². The van der Waals surface area contributed by atoms with E-state index in [1.54, 1.807) is 0 Å². The Balaban J connectivity index is 1.05. The van der Waals surface area contributed by atoms with E-state index in [0.29, 0.717) is 0 Å². The van der Waals surface area contributed by atoms with Crippen molar-refractivity contribution in [2.45, 2.75) is 26.2 Å². The Hall–Kier alpha value is -6.30. The quantitative estimate of drug-likeness (QED) is 0.168. The fourth-order valence-corrected chi connectivity index (χ4v) is 10.1. The highest BCUT2D eigenvalue weighted by molar-refractivity contribution is 7.26. The molecule has 0 atom stereocenters. The summed E-state index contributed by atoms with van der Waals surface area (Å²) in [5.74, 6) is 1.87. The topological polar surface area (TPSA) is 15.7 Å². The van der Waals surface area contributed by atoms with E-state index < -0.39 is 0 Å². The van der Waals surface area contributed by atoms with Crippen molar-refractivity contribution in [1.82, 2.24) is 0 Å². The Morgan fingerprint density at radius 1 is 0.545 bits per heavy atom. The van der Waals surface area contributed by atoms with Crippen LogP contribution < -0.4 is 30.9 Å². The maximum Gasteiger partial charge on any atom is 0.256 e. The summed E-state index contributed by atoms with van der Waals surface area (Å²) in [7, 11) is 0. The molecule has 0 N–H and O–H groups in total. The predicted molar refractivity (Wildman–Crippen MR) is 236 cm³/mol. The van der Waals surface area contributed by atoms with Gasteiger partial charge < -0.3 is 14.5 Å². The van der Waals surface area contributed by atoms with Crippen LogP contribution >= 0.6 is 11.3 Å². The van der Waals surface area contributed by atoms with E-state index in [4.69, 9.17) is 4.74 Å². The Morgan fingerprint density at radius 3 is 2.04 bits per heavy atom. The molecular weight excluding hydrogens is 687 g/mol. The molecule has 0 saturated carbocycles. The zero-order chi connectivity index (χ0) is 36.8. The number of hydrogen-bond donors (Lipinski definition) is 0. The number of rotatable bonds is 4. The van der Waals surface area contributed by atoms with Gasteiger partial charge in [0.25, 0.3) is 6.71 Å². The Kier molecular flexibility index (Phi) is 7.08. The van der Waals surface area contributed by atoms with Gasteiger partial charge in [0.1, 0.15) is 11.5 Å². The molecule has 0 amide bonds. The molecule has 1 aromatic heterocycles. The second kappa shape index (κ2) is 12.1.